The van der Waals surface area contributed by atoms with Crippen LogP contribution in [0.1, 0.15) is 16.2 Å². The molecule has 0 saturated carbocycles. The summed E-state index contributed by atoms with van der Waals surface area (Å²) in [5.74, 6) is -1.69. The minimum atomic E-state index is -4.66. The number of benzene rings is 1. The number of amides is 1. The largest absolute Gasteiger partial charge is 0.453 e. The van der Waals surface area contributed by atoms with Crippen molar-refractivity contribution in [3.05, 3.63) is 41.7 Å². The van der Waals surface area contributed by atoms with Crippen molar-refractivity contribution in [2.24, 2.45) is 0 Å². The van der Waals surface area contributed by atoms with Gasteiger partial charge in [0.2, 0.25) is 10.1 Å². The van der Waals surface area contributed by atoms with Crippen molar-refractivity contribution in [2.75, 3.05) is 5.32 Å². The highest BCUT2D eigenvalue weighted by Crippen LogP contribution is 2.30. The maximum atomic E-state index is 12.6. The molecule has 10 heteroatoms. The second-order valence-corrected chi connectivity index (χ2v) is 4.90. The zero-order valence-corrected chi connectivity index (χ0v) is 10.9. The van der Waals surface area contributed by atoms with Gasteiger partial charge in [-0.3, -0.25) is 10.1 Å². The van der Waals surface area contributed by atoms with Crippen molar-refractivity contribution in [1.29, 1.82) is 0 Å². The number of rotatable bonds is 2. The molecule has 0 radical (unpaired) electrons. The third-order valence-electron chi connectivity index (χ3n) is 2.50. The summed E-state index contributed by atoms with van der Waals surface area (Å²) in [5.41, 5.74) is 0.375. The first-order chi connectivity index (χ1) is 9.95. The van der Waals surface area contributed by atoms with Crippen LogP contribution in [0, 0.1) is 0 Å². The second kappa shape index (κ2) is 4.81. The molecule has 2 aromatic heterocycles. The van der Waals surface area contributed by atoms with Gasteiger partial charge in [-0.15, -0.1) is 15.3 Å². The highest BCUT2D eigenvalue weighted by Gasteiger charge is 2.38. The second-order valence-electron chi connectivity index (χ2n) is 3.94. The zero-order valence-electron chi connectivity index (χ0n) is 10.1. The number of anilines is 1. The minimum absolute atomic E-state index is 0.0132. The number of alkyl halides is 3. The quantitative estimate of drug-likeness (QED) is 0.789. The van der Waals surface area contributed by atoms with Gasteiger partial charge in [0, 0.05) is 5.56 Å². The number of nitrogens with zero attached hydrogens (tertiary/aromatic N) is 4. The number of carbonyl (C=O) groups is 1. The highest BCUT2D eigenvalue weighted by atomic mass is 32.1. The fourth-order valence-electron chi connectivity index (χ4n) is 1.60. The number of carbonyl (C=O) groups excluding carboxylic acids is 1. The van der Waals surface area contributed by atoms with Gasteiger partial charge >= 0.3 is 6.18 Å². The van der Waals surface area contributed by atoms with Crippen LogP contribution in [-0.2, 0) is 6.18 Å². The van der Waals surface area contributed by atoms with E-state index in [1.54, 1.807) is 30.3 Å². The molecular weight excluding hydrogens is 307 g/mol. The van der Waals surface area contributed by atoms with E-state index in [2.05, 4.69) is 20.6 Å². The van der Waals surface area contributed by atoms with Crippen molar-refractivity contribution in [3.63, 3.8) is 0 Å². The van der Waals surface area contributed by atoms with E-state index in [9.17, 15) is 18.0 Å². The third kappa shape index (κ3) is 2.57. The molecule has 6 nitrogen and oxygen atoms in total. The number of aromatic nitrogens is 4. The Morgan fingerprint density at radius 2 is 1.90 bits per heavy atom. The maximum absolute atomic E-state index is 12.6. The summed E-state index contributed by atoms with van der Waals surface area (Å²) in [6.45, 7) is 0. The zero-order chi connectivity index (χ0) is 15.0. The molecule has 3 rings (SSSR count). The molecular formula is C11H6F3N5OS. The summed E-state index contributed by atoms with van der Waals surface area (Å²) in [4.78, 5) is 11.8. The van der Waals surface area contributed by atoms with E-state index < -0.39 is 17.9 Å². The average molecular weight is 313 g/mol. The number of fused-ring (bicyclic) bond motifs is 1. The van der Waals surface area contributed by atoms with Crippen LogP contribution < -0.4 is 5.32 Å². The molecule has 0 aliphatic carbocycles. The molecule has 0 aliphatic rings. The van der Waals surface area contributed by atoms with Crippen LogP contribution in [0.2, 0.25) is 0 Å². The van der Waals surface area contributed by atoms with E-state index in [-0.39, 0.29) is 10.1 Å². The van der Waals surface area contributed by atoms with Crippen LogP contribution >= 0.6 is 11.3 Å². The molecule has 0 saturated heterocycles. The molecule has 3 aromatic rings. The smallest absolute Gasteiger partial charge is 0.296 e. The third-order valence-corrected chi connectivity index (χ3v) is 3.32. The van der Waals surface area contributed by atoms with E-state index in [1.807, 2.05) is 0 Å². The van der Waals surface area contributed by atoms with Gasteiger partial charge in [-0.05, 0) is 12.1 Å². The van der Waals surface area contributed by atoms with E-state index >= 15 is 0 Å². The first kappa shape index (κ1) is 13.5. The first-order valence-electron chi connectivity index (χ1n) is 5.61. The Balaban J connectivity index is 1.89. The predicted molar refractivity (Wildman–Crippen MR) is 68.1 cm³/mol. The maximum Gasteiger partial charge on any atom is 0.453 e. The molecule has 1 amide bonds. The van der Waals surface area contributed by atoms with Gasteiger partial charge < -0.3 is 0 Å². The van der Waals surface area contributed by atoms with Gasteiger partial charge in [0.15, 0.2) is 0 Å². The molecule has 0 atom stereocenters. The molecule has 1 aromatic carbocycles. The molecule has 0 spiro atoms. The summed E-state index contributed by atoms with van der Waals surface area (Å²) in [7, 11) is 0. The van der Waals surface area contributed by atoms with Crippen molar-refractivity contribution in [1.82, 2.24) is 19.8 Å². The van der Waals surface area contributed by atoms with Gasteiger partial charge in [0.05, 0.1) is 0 Å². The Labute approximate surface area is 119 Å². The van der Waals surface area contributed by atoms with Gasteiger partial charge in [-0.2, -0.15) is 17.7 Å². The summed E-state index contributed by atoms with van der Waals surface area (Å²) >= 11 is 0.804. The molecule has 1 N–H and O–H groups in total. The van der Waals surface area contributed by atoms with E-state index in [0.717, 1.165) is 11.3 Å². The van der Waals surface area contributed by atoms with Gasteiger partial charge in [0.25, 0.3) is 11.7 Å². The predicted octanol–water partition coefficient (Wildman–Crippen LogP) is 2.46. The standard InChI is InChI=1S/C11H6F3N5OS/c12-11(13,14)8-16-17-10-19(8)18-9(21-10)15-7(20)6-4-2-1-3-5-6/h1-5H,(H,15,18,20). The van der Waals surface area contributed by atoms with Crippen molar-refractivity contribution < 1.29 is 18.0 Å². The fourth-order valence-corrected chi connectivity index (χ4v) is 2.34. The number of hydrogen-bond acceptors (Lipinski definition) is 5. The Morgan fingerprint density at radius 1 is 1.19 bits per heavy atom. The average Bonchev–Trinajstić information content (AvgIpc) is 2.98. The number of halogens is 3. The lowest BCUT2D eigenvalue weighted by Crippen LogP contribution is -2.14. The first-order valence-corrected chi connectivity index (χ1v) is 6.42. The van der Waals surface area contributed by atoms with Gasteiger partial charge in [-0.25, -0.2) is 0 Å². The van der Waals surface area contributed by atoms with Crippen LogP contribution in [0.5, 0.6) is 0 Å². The summed E-state index contributed by atoms with van der Waals surface area (Å²) < 4.78 is 38.5. The summed E-state index contributed by atoms with van der Waals surface area (Å²) in [6, 6.07) is 8.26. The Kier molecular flexibility index (Phi) is 3.09. The molecule has 0 fully saturated rings. The monoisotopic (exact) mass is 313 g/mol. The Hall–Kier alpha value is -2.49. The topological polar surface area (TPSA) is 72.2 Å². The number of nitrogens with one attached hydrogen (secondary N) is 1. The SMILES string of the molecule is O=C(Nc1nn2c(C(F)(F)F)nnc2s1)c1ccccc1. The van der Waals surface area contributed by atoms with Crippen molar-refractivity contribution in [3.8, 4) is 0 Å². The normalized spacial score (nSPS) is 11.8. The molecule has 0 aliphatic heterocycles. The van der Waals surface area contributed by atoms with E-state index in [0.29, 0.717) is 10.1 Å². The lowest BCUT2D eigenvalue weighted by molar-refractivity contribution is -0.146. The highest BCUT2D eigenvalue weighted by molar-refractivity contribution is 7.20. The van der Waals surface area contributed by atoms with Gasteiger partial charge in [0.1, 0.15) is 0 Å². The molecule has 21 heavy (non-hydrogen) atoms. The lowest BCUT2D eigenvalue weighted by Gasteiger charge is -2.01. The Bertz CT molecular complexity index is 795. The fraction of sp³-hybridized carbons (Fsp3) is 0.0909. The van der Waals surface area contributed by atoms with Crippen LogP contribution in [0.15, 0.2) is 30.3 Å². The summed E-state index contributed by atoms with van der Waals surface area (Å²) in [6.07, 6.45) is -4.66. The van der Waals surface area contributed by atoms with Gasteiger partial charge in [-0.1, -0.05) is 29.5 Å². The number of hydrogen-bond donors (Lipinski definition) is 1. The molecule has 0 unspecified atom stereocenters. The van der Waals surface area contributed by atoms with Crippen molar-refractivity contribution >= 4 is 27.3 Å². The Morgan fingerprint density at radius 3 is 2.57 bits per heavy atom. The van der Waals surface area contributed by atoms with Crippen LogP contribution in [0.3, 0.4) is 0 Å². The van der Waals surface area contributed by atoms with Crippen LogP contribution in [0.25, 0.3) is 4.96 Å². The molecule has 2 heterocycles. The van der Waals surface area contributed by atoms with E-state index in [4.69, 9.17) is 0 Å². The lowest BCUT2D eigenvalue weighted by atomic mass is 10.2. The van der Waals surface area contributed by atoms with Crippen molar-refractivity contribution in [2.45, 2.75) is 6.18 Å². The molecule has 0 bridgehead atoms. The van der Waals surface area contributed by atoms with E-state index in [1.165, 1.54) is 0 Å². The summed E-state index contributed by atoms with van der Waals surface area (Å²) in [5, 5.41) is 12.5. The van der Waals surface area contributed by atoms with Crippen LogP contribution in [0.4, 0.5) is 18.3 Å². The molecule has 108 valence electrons. The minimum Gasteiger partial charge on any atom is -0.296 e. The van der Waals surface area contributed by atoms with Crippen LogP contribution in [-0.4, -0.2) is 25.7 Å².